The number of fused-ring (bicyclic) bond motifs is 1. The lowest BCUT2D eigenvalue weighted by molar-refractivity contribution is 0.352. The number of likely N-dealkylation sites (tertiary alicyclic amines) is 1. The molecule has 0 aromatic carbocycles. The Kier molecular flexibility index (Phi) is 2.81. The Balaban J connectivity index is 1.99. The van der Waals surface area contributed by atoms with Crippen LogP contribution in [0.5, 0.6) is 0 Å². The molecule has 1 atom stereocenters. The summed E-state index contributed by atoms with van der Waals surface area (Å²) in [6.07, 6.45) is 5.13. The van der Waals surface area contributed by atoms with Crippen molar-refractivity contribution in [2.75, 3.05) is 19.6 Å². The van der Waals surface area contributed by atoms with Crippen LogP contribution in [0, 0.1) is 0 Å². The molecule has 90 valence electrons. The van der Waals surface area contributed by atoms with Crippen LogP contribution in [0.3, 0.4) is 0 Å². The number of nitrogens with zero attached hydrogens (tertiary/aromatic N) is 3. The predicted molar refractivity (Wildman–Crippen MR) is 69.7 cm³/mol. The van der Waals surface area contributed by atoms with Crippen molar-refractivity contribution in [3.8, 4) is 0 Å². The van der Waals surface area contributed by atoms with E-state index < -0.39 is 0 Å². The third-order valence-electron chi connectivity index (χ3n) is 3.63. The van der Waals surface area contributed by atoms with Gasteiger partial charge in [-0.25, -0.2) is 4.98 Å². The standard InChI is InChI=1S/C13H16ClN3/c1-2-16-7-5-10(9-16)13-15-8-12-11(14)4-3-6-17(12)13/h3-4,6,8,10H,2,5,7,9H2,1H3. The van der Waals surface area contributed by atoms with E-state index in [1.54, 1.807) is 0 Å². The smallest absolute Gasteiger partial charge is 0.117 e. The highest BCUT2D eigenvalue weighted by Gasteiger charge is 2.26. The van der Waals surface area contributed by atoms with Crippen LogP contribution in [-0.4, -0.2) is 33.9 Å². The molecule has 2 aromatic heterocycles. The van der Waals surface area contributed by atoms with Gasteiger partial charge in [0.2, 0.25) is 0 Å². The Morgan fingerprint density at radius 1 is 1.53 bits per heavy atom. The first kappa shape index (κ1) is 11.1. The molecule has 1 unspecified atom stereocenters. The van der Waals surface area contributed by atoms with E-state index in [4.69, 9.17) is 11.6 Å². The Morgan fingerprint density at radius 2 is 2.41 bits per heavy atom. The highest BCUT2D eigenvalue weighted by molar-refractivity contribution is 6.33. The van der Waals surface area contributed by atoms with Crippen molar-refractivity contribution in [2.45, 2.75) is 19.3 Å². The predicted octanol–water partition coefficient (Wildman–Crippen LogP) is 2.80. The molecule has 2 aromatic rings. The van der Waals surface area contributed by atoms with Crippen LogP contribution in [0.15, 0.2) is 24.5 Å². The van der Waals surface area contributed by atoms with E-state index in [1.807, 2.05) is 18.3 Å². The summed E-state index contributed by atoms with van der Waals surface area (Å²) in [7, 11) is 0. The lowest BCUT2D eigenvalue weighted by atomic mass is 10.1. The lowest BCUT2D eigenvalue weighted by Gasteiger charge is -2.12. The molecule has 17 heavy (non-hydrogen) atoms. The largest absolute Gasteiger partial charge is 0.303 e. The monoisotopic (exact) mass is 249 g/mol. The van der Waals surface area contributed by atoms with Gasteiger partial charge in [0.1, 0.15) is 5.82 Å². The van der Waals surface area contributed by atoms with Crippen molar-refractivity contribution < 1.29 is 0 Å². The van der Waals surface area contributed by atoms with Gasteiger partial charge >= 0.3 is 0 Å². The van der Waals surface area contributed by atoms with Crippen LogP contribution in [0.25, 0.3) is 5.52 Å². The van der Waals surface area contributed by atoms with E-state index in [0.717, 1.165) is 29.5 Å². The first-order chi connectivity index (χ1) is 8.29. The fourth-order valence-corrected chi connectivity index (χ4v) is 2.85. The van der Waals surface area contributed by atoms with Crippen LogP contribution < -0.4 is 0 Å². The number of likely N-dealkylation sites (N-methyl/N-ethyl adjacent to an activating group) is 1. The van der Waals surface area contributed by atoms with Crippen LogP contribution in [0.1, 0.15) is 25.1 Å². The molecular formula is C13H16ClN3. The molecule has 0 aliphatic carbocycles. The molecular weight excluding hydrogens is 234 g/mol. The zero-order valence-electron chi connectivity index (χ0n) is 9.93. The molecule has 3 nitrogen and oxygen atoms in total. The highest BCUT2D eigenvalue weighted by atomic mass is 35.5. The summed E-state index contributed by atoms with van der Waals surface area (Å²) >= 11 is 6.16. The Labute approximate surface area is 106 Å². The molecule has 0 amide bonds. The second-order valence-electron chi connectivity index (χ2n) is 4.61. The van der Waals surface area contributed by atoms with Crippen LogP contribution in [-0.2, 0) is 0 Å². The fraction of sp³-hybridized carbons (Fsp3) is 0.462. The van der Waals surface area contributed by atoms with Crippen molar-refractivity contribution >= 4 is 17.1 Å². The average Bonchev–Trinajstić information content (AvgIpc) is 2.94. The molecule has 0 bridgehead atoms. The van der Waals surface area contributed by atoms with Crippen molar-refractivity contribution in [1.82, 2.24) is 14.3 Å². The van der Waals surface area contributed by atoms with Crippen LogP contribution in [0.2, 0.25) is 5.02 Å². The van der Waals surface area contributed by atoms with Gasteiger partial charge in [0.15, 0.2) is 0 Å². The minimum atomic E-state index is 0.538. The summed E-state index contributed by atoms with van der Waals surface area (Å²) in [6, 6.07) is 3.89. The van der Waals surface area contributed by atoms with E-state index in [2.05, 4.69) is 27.4 Å². The van der Waals surface area contributed by atoms with Crippen molar-refractivity contribution in [3.63, 3.8) is 0 Å². The van der Waals surface area contributed by atoms with Gasteiger partial charge in [0, 0.05) is 18.7 Å². The zero-order valence-corrected chi connectivity index (χ0v) is 10.7. The average molecular weight is 250 g/mol. The molecule has 1 fully saturated rings. The zero-order chi connectivity index (χ0) is 11.8. The molecule has 1 saturated heterocycles. The van der Waals surface area contributed by atoms with E-state index in [1.165, 1.54) is 13.0 Å². The van der Waals surface area contributed by atoms with E-state index in [9.17, 15) is 0 Å². The van der Waals surface area contributed by atoms with Crippen molar-refractivity contribution in [3.05, 3.63) is 35.4 Å². The number of hydrogen-bond acceptors (Lipinski definition) is 2. The van der Waals surface area contributed by atoms with Crippen molar-refractivity contribution in [1.29, 1.82) is 0 Å². The number of imidazole rings is 1. The molecule has 4 heteroatoms. The van der Waals surface area contributed by atoms with Gasteiger partial charge in [-0.15, -0.1) is 0 Å². The second-order valence-corrected chi connectivity index (χ2v) is 5.01. The maximum atomic E-state index is 6.16. The van der Waals surface area contributed by atoms with Gasteiger partial charge < -0.3 is 9.30 Å². The number of halogens is 1. The molecule has 3 rings (SSSR count). The lowest BCUT2D eigenvalue weighted by Crippen LogP contribution is -2.19. The maximum Gasteiger partial charge on any atom is 0.117 e. The Bertz CT molecular complexity index is 534. The van der Waals surface area contributed by atoms with Gasteiger partial charge in [-0.05, 0) is 31.6 Å². The topological polar surface area (TPSA) is 20.5 Å². The summed E-state index contributed by atoms with van der Waals surface area (Å²) in [4.78, 5) is 7.03. The normalized spacial score (nSPS) is 21.4. The summed E-state index contributed by atoms with van der Waals surface area (Å²) in [5.74, 6) is 1.69. The number of pyridine rings is 1. The summed E-state index contributed by atoms with van der Waals surface area (Å²) in [5.41, 5.74) is 1.01. The van der Waals surface area contributed by atoms with Gasteiger partial charge in [-0.3, -0.25) is 0 Å². The number of hydrogen-bond donors (Lipinski definition) is 0. The van der Waals surface area contributed by atoms with E-state index >= 15 is 0 Å². The van der Waals surface area contributed by atoms with Crippen LogP contribution in [0.4, 0.5) is 0 Å². The minimum Gasteiger partial charge on any atom is -0.303 e. The molecule has 3 heterocycles. The number of aromatic nitrogens is 2. The van der Waals surface area contributed by atoms with Gasteiger partial charge in [-0.1, -0.05) is 18.5 Å². The number of rotatable bonds is 2. The summed E-state index contributed by atoms with van der Waals surface area (Å²) < 4.78 is 2.13. The summed E-state index contributed by atoms with van der Waals surface area (Å²) in [5, 5.41) is 0.775. The van der Waals surface area contributed by atoms with E-state index in [0.29, 0.717) is 5.92 Å². The molecule has 1 aliphatic rings. The minimum absolute atomic E-state index is 0.538. The first-order valence-corrected chi connectivity index (χ1v) is 6.51. The van der Waals surface area contributed by atoms with Crippen molar-refractivity contribution in [2.24, 2.45) is 0 Å². The summed E-state index contributed by atoms with van der Waals surface area (Å²) in [6.45, 7) is 5.63. The molecule has 0 N–H and O–H groups in total. The Hall–Kier alpha value is -1.06. The third kappa shape index (κ3) is 1.83. The quantitative estimate of drug-likeness (QED) is 0.816. The van der Waals surface area contributed by atoms with Crippen LogP contribution >= 0.6 is 11.6 Å². The van der Waals surface area contributed by atoms with Gasteiger partial charge in [-0.2, -0.15) is 0 Å². The molecule has 0 spiro atoms. The van der Waals surface area contributed by atoms with Gasteiger partial charge in [0.05, 0.1) is 16.7 Å². The van der Waals surface area contributed by atoms with Gasteiger partial charge in [0.25, 0.3) is 0 Å². The second kappa shape index (κ2) is 4.31. The van der Waals surface area contributed by atoms with E-state index in [-0.39, 0.29) is 0 Å². The molecule has 0 saturated carbocycles. The molecule has 1 aliphatic heterocycles. The molecule has 0 radical (unpaired) electrons. The maximum absolute atomic E-state index is 6.16. The Morgan fingerprint density at radius 3 is 3.18 bits per heavy atom. The third-order valence-corrected chi connectivity index (χ3v) is 3.95. The first-order valence-electron chi connectivity index (χ1n) is 6.13. The fourth-order valence-electron chi connectivity index (χ4n) is 2.64. The highest BCUT2D eigenvalue weighted by Crippen LogP contribution is 2.28. The SMILES string of the molecule is CCN1CCC(c2ncc3c(Cl)cccn23)C1.